The van der Waals surface area contributed by atoms with Crippen LogP contribution in [0.1, 0.15) is 53.4 Å². The van der Waals surface area contributed by atoms with Crippen molar-refractivity contribution >= 4 is 11.9 Å². The van der Waals surface area contributed by atoms with Crippen LogP contribution in [0.3, 0.4) is 0 Å². The van der Waals surface area contributed by atoms with Gasteiger partial charge in [0.2, 0.25) is 0 Å². The van der Waals surface area contributed by atoms with Crippen molar-refractivity contribution in [1.82, 2.24) is 0 Å². The summed E-state index contributed by atoms with van der Waals surface area (Å²) in [6.45, 7) is 9.52. The Labute approximate surface area is 144 Å². The molecule has 7 heteroatoms. The molecule has 0 aromatic rings. The van der Waals surface area contributed by atoms with Crippen LogP contribution < -0.4 is 0 Å². The van der Waals surface area contributed by atoms with Crippen LogP contribution in [0.5, 0.6) is 0 Å². The van der Waals surface area contributed by atoms with Gasteiger partial charge in [-0.25, -0.2) is 0 Å². The third-order valence-electron chi connectivity index (χ3n) is 3.15. The first kappa shape index (κ1) is 22.8. The van der Waals surface area contributed by atoms with Gasteiger partial charge in [-0.1, -0.05) is 13.3 Å². The molecule has 0 aliphatic carbocycles. The van der Waals surface area contributed by atoms with E-state index < -0.39 is 11.9 Å². The van der Waals surface area contributed by atoms with E-state index in [0.717, 1.165) is 19.4 Å². The quantitative estimate of drug-likeness (QED) is 0.359. The van der Waals surface area contributed by atoms with E-state index in [9.17, 15) is 9.59 Å². The summed E-state index contributed by atoms with van der Waals surface area (Å²) < 4.78 is 21.8. The molecule has 1 N–H and O–H groups in total. The van der Waals surface area contributed by atoms with Gasteiger partial charge in [-0.05, 0) is 27.2 Å². The van der Waals surface area contributed by atoms with E-state index >= 15 is 0 Å². The van der Waals surface area contributed by atoms with E-state index in [4.69, 9.17) is 24.1 Å². The molecular formula is C17H32O7. The summed E-state index contributed by atoms with van der Waals surface area (Å²) in [6, 6.07) is 0. The van der Waals surface area contributed by atoms with E-state index in [-0.39, 0.29) is 37.8 Å². The standard InChI is InChI=1S/C17H32O7/c1-5-6-9-21-13(2)10-22-14(3)11-23-15(4)12-24-17(20)8-7-16(18)19/h13-15H,5-12H2,1-4H3,(H,18,19). The average molecular weight is 348 g/mol. The summed E-state index contributed by atoms with van der Waals surface area (Å²) in [5.74, 6) is -1.55. The Morgan fingerprint density at radius 3 is 1.96 bits per heavy atom. The fourth-order valence-electron chi connectivity index (χ4n) is 1.66. The molecule has 0 bridgehead atoms. The number of carboxylic acids is 1. The van der Waals surface area contributed by atoms with E-state index in [2.05, 4.69) is 6.92 Å². The smallest absolute Gasteiger partial charge is 0.306 e. The van der Waals surface area contributed by atoms with Crippen LogP contribution in [0.15, 0.2) is 0 Å². The van der Waals surface area contributed by atoms with Crippen LogP contribution in [0, 0.1) is 0 Å². The highest BCUT2D eigenvalue weighted by molar-refractivity contribution is 5.76. The van der Waals surface area contributed by atoms with Crippen molar-refractivity contribution in [3.63, 3.8) is 0 Å². The monoisotopic (exact) mass is 348 g/mol. The number of aliphatic carboxylic acids is 1. The maximum atomic E-state index is 11.3. The van der Waals surface area contributed by atoms with Crippen molar-refractivity contribution < 1.29 is 33.6 Å². The molecule has 0 amide bonds. The van der Waals surface area contributed by atoms with E-state index in [1.54, 1.807) is 6.92 Å². The summed E-state index contributed by atoms with van der Waals surface area (Å²) >= 11 is 0. The number of ether oxygens (including phenoxy) is 4. The number of carbonyl (C=O) groups excluding carboxylic acids is 1. The zero-order valence-corrected chi connectivity index (χ0v) is 15.3. The minimum absolute atomic E-state index is 0.0478. The Kier molecular flexibility index (Phi) is 13.5. The highest BCUT2D eigenvalue weighted by atomic mass is 16.6. The van der Waals surface area contributed by atoms with Crippen molar-refractivity contribution in [2.45, 2.75) is 71.7 Å². The van der Waals surface area contributed by atoms with Gasteiger partial charge in [-0.3, -0.25) is 9.59 Å². The first-order chi connectivity index (χ1) is 11.3. The summed E-state index contributed by atoms with van der Waals surface area (Å²) in [7, 11) is 0. The van der Waals surface area contributed by atoms with Crippen molar-refractivity contribution in [1.29, 1.82) is 0 Å². The normalized spacial score (nSPS) is 14.8. The Balaban J connectivity index is 3.68. The van der Waals surface area contributed by atoms with Gasteiger partial charge in [-0.2, -0.15) is 0 Å². The summed E-state index contributed by atoms with van der Waals surface area (Å²) in [4.78, 5) is 21.6. The first-order valence-corrected chi connectivity index (χ1v) is 8.57. The van der Waals surface area contributed by atoms with Gasteiger partial charge in [0.05, 0.1) is 44.4 Å². The third-order valence-corrected chi connectivity index (χ3v) is 3.15. The Bertz CT molecular complexity index is 346. The summed E-state index contributed by atoms with van der Waals surface area (Å²) in [6.07, 6.45) is 1.49. The van der Waals surface area contributed by atoms with Crippen molar-refractivity contribution in [3.05, 3.63) is 0 Å². The minimum atomic E-state index is -1.02. The van der Waals surface area contributed by atoms with Crippen molar-refractivity contribution in [3.8, 4) is 0 Å². The zero-order chi connectivity index (χ0) is 18.4. The van der Waals surface area contributed by atoms with Crippen molar-refractivity contribution in [2.75, 3.05) is 26.4 Å². The molecule has 7 nitrogen and oxygen atoms in total. The maximum absolute atomic E-state index is 11.3. The SMILES string of the molecule is CCCCOC(C)COC(C)COC(C)COC(=O)CCC(=O)O. The first-order valence-electron chi connectivity index (χ1n) is 8.57. The maximum Gasteiger partial charge on any atom is 0.306 e. The second-order valence-electron chi connectivity index (χ2n) is 5.90. The molecule has 142 valence electrons. The molecule has 0 heterocycles. The molecule has 0 aromatic heterocycles. The van der Waals surface area contributed by atoms with Gasteiger partial charge < -0.3 is 24.1 Å². The number of esters is 1. The van der Waals surface area contributed by atoms with Crippen LogP contribution in [0.25, 0.3) is 0 Å². The molecule has 3 unspecified atom stereocenters. The molecule has 24 heavy (non-hydrogen) atoms. The van der Waals surface area contributed by atoms with Crippen molar-refractivity contribution in [2.24, 2.45) is 0 Å². The third kappa shape index (κ3) is 14.4. The van der Waals surface area contributed by atoms with Crippen LogP contribution in [-0.4, -0.2) is 61.8 Å². The number of hydrogen-bond donors (Lipinski definition) is 1. The van der Waals surface area contributed by atoms with Gasteiger partial charge in [0.1, 0.15) is 6.61 Å². The average Bonchev–Trinajstić information content (AvgIpc) is 2.54. The molecular weight excluding hydrogens is 316 g/mol. The Hall–Kier alpha value is -1.18. The Morgan fingerprint density at radius 2 is 1.42 bits per heavy atom. The topological polar surface area (TPSA) is 91.3 Å². The predicted molar refractivity (Wildman–Crippen MR) is 89.0 cm³/mol. The largest absolute Gasteiger partial charge is 0.481 e. The number of unbranched alkanes of at least 4 members (excludes halogenated alkanes) is 1. The van der Waals surface area contributed by atoms with Crippen LogP contribution >= 0.6 is 0 Å². The Morgan fingerprint density at radius 1 is 0.875 bits per heavy atom. The highest BCUT2D eigenvalue weighted by Crippen LogP contribution is 2.02. The van der Waals surface area contributed by atoms with E-state index in [0.29, 0.717) is 13.2 Å². The van der Waals surface area contributed by atoms with Gasteiger partial charge in [0.15, 0.2) is 0 Å². The highest BCUT2D eigenvalue weighted by Gasteiger charge is 2.12. The fourth-order valence-corrected chi connectivity index (χ4v) is 1.66. The van der Waals surface area contributed by atoms with Gasteiger partial charge in [0.25, 0.3) is 0 Å². The fraction of sp³-hybridized carbons (Fsp3) is 0.882. The lowest BCUT2D eigenvalue weighted by Gasteiger charge is -2.20. The van der Waals surface area contributed by atoms with E-state index in [1.807, 2.05) is 13.8 Å². The molecule has 0 aliphatic heterocycles. The molecule has 0 aliphatic rings. The molecule has 0 spiro atoms. The van der Waals surface area contributed by atoms with Crippen LogP contribution in [0.4, 0.5) is 0 Å². The molecule has 0 radical (unpaired) electrons. The molecule has 0 saturated carbocycles. The zero-order valence-electron chi connectivity index (χ0n) is 15.3. The van der Waals surface area contributed by atoms with E-state index in [1.165, 1.54) is 0 Å². The molecule has 3 atom stereocenters. The molecule has 0 fully saturated rings. The van der Waals surface area contributed by atoms with Crippen LogP contribution in [0.2, 0.25) is 0 Å². The lowest BCUT2D eigenvalue weighted by atomic mass is 10.3. The lowest BCUT2D eigenvalue weighted by molar-refractivity contribution is -0.151. The second-order valence-corrected chi connectivity index (χ2v) is 5.90. The second kappa shape index (κ2) is 14.2. The number of carbonyl (C=O) groups is 2. The van der Waals surface area contributed by atoms with Gasteiger partial charge in [0, 0.05) is 6.61 Å². The number of hydrogen-bond acceptors (Lipinski definition) is 6. The molecule has 0 aromatic carbocycles. The van der Waals surface area contributed by atoms with Crippen LogP contribution in [-0.2, 0) is 28.5 Å². The number of carboxylic acid groups (broad SMARTS) is 1. The predicted octanol–water partition coefficient (Wildman–Crippen LogP) is 2.41. The molecule has 0 saturated heterocycles. The minimum Gasteiger partial charge on any atom is -0.481 e. The summed E-state index contributed by atoms with van der Waals surface area (Å²) in [5.41, 5.74) is 0. The van der Waals surface area contributed by atoms with Gasteiger partial charge in [-0.15, -0.1) is 0 Å². The number of rotatable bonds is 15. The molecule has 0 rings (SSSR count). The lowest BCUT2D eigenvalue weighted by Crippen LogP contribution is -2.27. The van der Waals surface area contributed by atoms with Gasteiger partial charge >= 0.3 is 11.9 Å². The summed E-state index contributed by atoms with van der Waals surface area (Å²) in [5, 5.41) is 8.48.